The first kappa shape index (κ1) is 20.6. The molecule has 1 unspecified atom stereocenters. The molecular weight excluding hydrogens is 302 g/mol. The Bertz CT molecular complexity index is 458. The Kier molecular flexibility index (Phi) is 10.3. The molecule has 0 aliphatic carbocycles. The second-order valence-corrected chi connectivity index (χ2v) is 6.51. The monoisotopic (exact) mass is 336 g/mol. The van der Waals surface area contributed by atoms with Gasteiger partial charge in [0.25, 0.3) is 0 Å². The lowest BCUT2D eigenvalue weighted by Gasteiger charge is -2.30. The summed E-state index contributed by atoms with van der Waals surface area (Å²) < 4.78 is 0.300. The molecule has 1 atom stereocenters. The van der Waals surface area contributed by atoms with E-state index in [9.17, 15) is 9.90 Å². The fourth-order valence-electron chi connectivity index (χ4n) is 3.11. The van der Waals surface area contributed by atoms with Crippen LogP contribution < -0.4 is 5.73 Å². The Labute approximate surface area is 146 Å². The standard InChI is InChI=1S/C19H33N3O2/c1-2-3-4-5-6-7-8-9-10-11-12-18-21-14-16-22(18,15-13-20)17-19(23)24/h4-5,14,16H,2-3,6-13,15,17,20H2,1H3/p+1/b5-4+. The molecule has 0 aromatic carbocycles. The molecule has 0 saturated heterocycles. The van der Waals surface area contributed by atoms with E-state index in [-0.39, 0.29) is 6.54 Å². The first-order chi connectivity index (χ1) is 11.6. The third-order valence-electron chi connectivity index (χ3n) is 4.43. The SMILES string of the molecule is CCC/C=C/CCCCCCCC1=NC=C[N+]1(CCN)CC(=O)O. The topological polar surface area (TPSA) is 75.7 Å². The number of carboxylic acid groups (broad SMARTS) is 1. The zero-order valence-electron chi connectivity index (χ0n) is 15.1. The first-order valence-corrected chi connectivity index (χ1v) is 9.33. The third kappa shape index (κ3) is 7.41. The minimum Gasteiger partial charge on any atom is -0.477 e. The number of aliphatic carboxylic acids is 1. The van der Waals surface area contributed by atoms with Gasteiger partial charge in [-0.05, 0) is 25.7 Å². The number of hydrogen-bond acceptors (Lipinski definition) is 3. The van der Waals surface area contributed by atoms with E-state index < -0.39 is 5.97 Å². The van der Waals surface area contributed by atoms with Gasteiger partial charge in [0.15, 0.2) is 6.54 Å². The Morgan fingerprint density at radius 2 is 1.92 bits per heavy atom. The van der Waals surface area contributed by atoms with Gasteiger partial charge in [-0.25, -0.2) is 14.3 Å². The van der Waals surface area contributed by atoms with Crippen LogP contribution in [0, 0.1) is 0 Å². The van der Waals surface area contributed by atoms with E-state index >= 15 is 0 Å². The number of aliphatic imine (C=N–C) groups is 1. The van der Waals surface area contributed by atoms with Crippen LogP contribution in [0.1, 0.15) is 64.7 Å². The summed E-state index contributed by atoms with van der Waals surface area (Å²) in [6.07, 6.45) is 18.6. The number of carboxylic acids is 1. The van der Waals surface area contributed by atoms with E-state index in [1.54, 1.807) is 6.20 Å². The van der Waals surface area contributed by atoms with Gasteiger partial charge in [-0.2, -0.15) is 0 Å². The highest BCUT2D eigenvalue weighted by molar-refractivity contribution is 5.81. The highest BCUT2D eigenvalue weighted by Crippen LogP contribution is 2.21. The normalized spacial score (nSPS) is 20.0. The zero-order valence-corrected chi connectivity index (χ0v) is 15.1. The van der Waals surface area contributed by atoms with Gasteiger partial charge in [0.05, 0.1) is 6.20 Å². The number of unbranched alkanes of at least 4 members (excludes halogenated alkanes) is 6. The molecule has 1 aliphatic rings. The van der Waals surface area contributed by atoms with E-state index in [4.69, 9.17) is 5.73 Å². The van der Waals surface area contributed by atoms with Crippen molar-refractivity contribution < 1.29 is 14.4 Å². The fraction of sp³-hybridized carbons (Fsp3) is 0.684. The van der Waals surface area contributed by atoms with Crippen LogP contribution in [0.4, 0.5) is 0 Å². The Balaban J connectivity index is 2.23. The molecule has 1 heterocycles. The molecule has 0 amide bonds. The van der Waals surface area contributed by atoms with Crippen molar-refractivity contribution in [3.05, 3.63) is 24.6 Å². The summed E-state index contributed by atoms with van der Waals surface area (Å²) >= 11 is 0. The van der Waals surface area contributed by atoms with Gasteiger partial charge < -0.3 is 10.8 Å². The highest BCUT2D eigenvalue weighted by atomic mass is 16.4. The van der Waals surface area contributed by atoms with Gasteiger partial charge in [-0.1, -0.05) is 44.8 Å². The van der Waals surface area contributed by atoms with Crippen LogP contribution in [-0.2, 0) is 4.79 Å². The van der Waals surface area contributed by atoms with Crippen molar-refractivity contribution in [1.82, 2.24) is 0 Å². The van der Waals surface area contributed by atoms with Crippen LogP contribution in [0.3, 0.4) is 0 Å². The highest BCUT2D eigenvalue weighted by Gasteiger charge is 2.36. The molecule has 0 saturated carbocycles. The molecule has 5 heteroatoms. The van der Waals surface area contributed by atoms with E-state index in [0.29, 0.717) is 17.6 Å². The molecule has 0 radical (unpaired) electrons. The summed E-state index contributed by atoms with van der Waals surface area (Å²) in [5, 5.41) is 9.18. The van der Waals surface area contributed by atoms with Crippen molar-refractivity contribution in [1.29, 1.82) is 0 Å². The Morgan fingerprint density at radius 3 is 2.62 bits per heavy atom. The van der Waals surface area contributed by atoms with Crippen molar-refractivity contribution in [3.8, 4) is 0 Å². The van der Waals surface area contributed by atoms with E-state index in [0.717, 1.165) is 18.7 Å². The minimum absolute atomic E-state index is 0.0383. The van der Waals surface area contributed by atoms with Crippen LogP contribution >= 0.6 is 0 Å². The molecule has 0 spiro atoms. The number of hydrogen-bond donors (Lipinski definition) is 2. The third-order valence-corrected chi connectivity index (χ3v) is 4.43. The second kappa shape index (κ2) is 12.0. The van der Waals surface area contributed by atoms with E-state index in [2.05, 4.69) is 24.1 Å². The first-order valence-electron chi connectivity index (χ1n) is 9.33. The Hall–Kier alpha value is -1.46. The number of nitrogens with zero attached hydrogens (tertiary/aromatic N) is 2. The van der Waals surface area contributed by atoms with Crippen molar-refractivity contribution >= 4 is 11.8 Å². The summed E-state index contributed by atoms with van der Waals surface area (Å²) in [5.74, 6) is 0.143. The quantitative estimate of drug-likeness (QED) is 0.288. The molecule has 0 aromatic rings. The van der Waals surface area contributed by atoms with Gasteiger partial charge in [0.2, 0.25) is 5.84 Å². The van der Waals surface area contributed by atoms with Crippen molar-refractivity contribution in [3.63, 3.8) is 0 Å². The molecule has 136 valence electrons. The molecular formula is C19H34N3O2+. The van der Waals surface area contributed by atoms with Gasteiger partial charge in [0, 0.05) is 13.0 Å². The number of nitrogens with two attached hydrogens (primary N) is 1. The number of rotatable bonds is 14. The maximum absolute atomic E-state index is 11.2. The number of carbonyl (C=O) groups is 1. The zero-order chi connectivity index (χ0) is 17.7. The maximum atomic E-state index is 11.2. The predicted molar refractivity (Wildman–Crippen MR) is 99.6 cm³/mol. The van der Waals surface area contributed by atoms with Crippen molar-refractivity contribution in [2.75, 3.05) is 19.6 Å². The van der Waals surface area contributed by atoms with E-state index in [1.165, 1.54) is 44.9 Å². The lowest BCUT2D eigenvalue weighted by molar-refractivity contribution is -0.778. The van der Waals surface area contributed by atoms with Gasteiger partial charge >= 0.3 is 5.97 Å². The van der Waals surface area contributed by atoms with Crippen LogP contribution in [0.2, 0.25) is 0 Å². The maximum Gasteiger partial charge on any atom is 0.360 e. The summed E-state index contributed by atoms with van der Waals surface area (Å²) in [7, 11) is 0. The lowest BCUT2D eigenvalue weighted by Crippen LogP contribution is -2.52. The number of amidine groups is 1. The van der Waals surface area contributed by atoms with Crippen molar-refractivity contribution in [2.45, 2.75) is 64.7 Å². The fourth-order valence-corrected chi connectivity index (χ4v) is 3.11. The number of allylic oxidation sites excluding steroid dienone is 2. The summed E-state index contributed by atoms with van der Waals surface area (Å²) in [5.41, 5.74) is 5.68. The molecule has 24 heavy (non-hydrogen) atoms. The molecule has 5 nitrogen and oxygen atoms in total. The largest absolute Gasteiger partial charge is 0.477 e. The molecule has 0 fully saturated rings. The molecule has 0 aromatic heterocycles. The van der Waals surface area contributed by atoms with Crippen LogP contribution in [0.25, 0.3) is 0 Å². The van der Waals surface area contributed by atoms with Crippen LogP contribution in [0.15, 0.2) is 29.5 Å². The second-order valence-electron chi connectivity index (χ2n) is 6.51. The molecule has 1 rings (SSSR count). The van der Waals surface area contributed by atoms with Crippen molar-refractivity contribution in [2.24, 2.45) is 10.7 Å². The average molecular weight is 337 g/mol. The summed E-state index contributed by atoms with van der Waals surface area (Å²) in [6.45, 7) is 3.30. The summed E-state index contributed by atoms with van der Waals surface area (Å²) in [6, 6.07) is 0. The minimum atomic E-state index is -0.807. The Morgan fingerprint density at radius 1 is 1.21 bits per heavy atom. The van der Waals surface area contributed by atoms with E-state index in [1.807, 2.05) is 6.20 Å². The molecule has 3 N–H and O–H groups in total. The van der Waals surface area contributed by atoms with Gasteiger partial charge in [-0.15, -0.1) is 0 Å². The number of quaternary nitrogens is 1. The smallest absolute Gasteiger partial charge is 0.360 e. The molecule has 0 bridgehead atoms. The average Bonchev–Trinajstić information content (AvgIpc) is 2.91. The summed E-state index contributed by atoms with van der Waals surface area (Å²) in [4.78, 5) is 15.6. The van der Waals surface area contributed by atoms with Gasteiger partial charge in [0.1, 0.15) is 12.7 Å². The predicted octanol–water partition coefficient (Wildman–Crippen LogP) is 3.82. The molecule has 1 aliphatic heterocycles. The van der Waals surface area contributed by atoms with Crippen LogP contribution in [0.5, 0.6) is 0 Å². The van der Waals surface area contributed by atoms with Gasteiger partial charge in [-0.3, -0.25) is 0 Å². The van der Waals surface area contributed by atoms with Crippen LogP contribution in [-0.4, -0.2) is 41.0 Å². The lowest BCUT2D eigenvalue weighted by atomic mass is 10.1.